The predicted molar refractivity (Wildman–Crippen MR) is 82.4 cm³/mol. The molecule has 1 aliphatic carbocycles. The highest BCUT2D eigenvalue weighted by molar-refractivity contribution is 5.74. The summed E-state index contributed by atoms with van der Waals surface area (Å²) < 4.78 is 5.43. The van der Waals surface area contributed by atoms with E-state index in [1.165, 1.54) is 0 Å². The van der Waals surface area contributed by atoms with E-state index >= 15 is 0 Å². The van der Waals surface area contributed by atoms with Gasteiger partial charge in [-0.25, -0.2) is 4.79 Å². The lowest BCUT2D eigenvalue weighted by Gasteiger charge is -2.18. The van der Waals surface area contributed by atoms with E-state index in [9.17, 15) is 9.90 Å². The molecule has 2 unspecified atom stereocenters. The number of furan rings is 1. The van der Waals surface area contributed by atoms with Gasteiger partial charge in [-0.3, -0.25) is 0 Å². The standard InChI is InChI=1S/C17H20N2O3/c1-10-7-13(11(2)22-10)9-18-17(21)19-16-14-6-4-3-5-12(14)8-15(16)20/h3-7,15-16,20H,8-9H2,1-2H3,(H2,18,19,21). The molecule has 0 saturated heterocycles. The molecule has 2 amide bonds. The van der Waals surface area contributed by atoms with Gasteiger partial charge >= 0.3 is 6.03 Å². The van der Waals surface area contributed by atoms with Crippen molar-refractivity contribution in [3.63, 3.8) is 0 Å². The molecular formula is C17H20N2O3. The monoisotopic (exact) mass is 300 g/mol. The first-order valence-corrected chi connectivity index (χ1v) is 7.40. The predicted octanol–water partition coefficient (Wildman–Crippen LogP) is 2.35. The van der Waals surface area contributed by atoms with Crippen LogP contribution in [-0.2, 0) is 13.0 Å². The van der Waals surface area contributed by atoms with E-state index in [1.54, 1.807) is 0 Å². The van der Waals surface area contributed by atoms with Gasteiger partial charge < -0.3 is 20.2 Å². The van der Waals surface area contributed by atoms with Crippen molar-refractivity contribution in [1.82, 2.24) is 10.6 Å². The summed E-state index contributed by atoms with van der Waals surface area (Å²) in [5.41, 5.74) is 3.03. The minimum Gasteiger partial charge on any atom is -0.466 e. The maximum atomic E-state index is 12.1. The van der Waals surface area contributed by atoms with Crippen LogP contribution in [0.2, 0.25) is 0 Å². The number of aliphatic hydroxyl groups excluding tert-OH is 1. The molecule has 3 rings (SSSR count). The molecule has 0 fully saturated rings. The van der Waals surface area contributed by atoms with Crippen LogP contribution in [0, 0.1) is 13.8 Å². The van der Waals surface area contributed by atoms with Gasteiger partial charge in [0.25, 0.3) is 0 Å². The average Bonchev–Trinajstić information content (AvgIpc) is 2.96. The Morgan fingerprint density at radius 3 is 2.86 bits per heavy atom. The molecule has 0 bridgehead atoms. The molecule has 22 heavy (non-hydrogen) atoms. The van der Waals surface area contributed by atoms with Crippen molar-refractivity contribution in [1.29, 1.82) is 0 Å². The SMILES string of the molecule is Cc1cc(CNC(=O)NC2c3ccccc3CC2O)c(C)o1. The Balaban J connectivity index is 1.61. The third-order valence-electron chi connectivity index (χ3n) is 4.07. The average molecular weight is 300 g/mol. The van der Waals surface area contributed by atoms with Gasteiger partial charge in [0.05, 0.1) is 12.1 Å². The van der Waals surface area contributed by atoms with Gasteiger partial charge in [-0.05, 0) is 31.0 Å². The molecule has 3 N–H and O–H groups in total. The van der Waals surface area contributed by atoms with E-state index in [4.69, 9.17) is 4.42 Å². The smallest absolute Gasteiger partial charge is 0.315 e. The van der Waals surface area contributed by atoms with Crippen molar-refractivity contribution in [2.75, 3.05) is 0 Å². The first-order chi connectivity index (χ1) is 10.5. The number of benzene rings is 1. The molecule has 1 aromatic carbocycles. The number of nitrogens with one attached hydrogen (secondary N) is 2. The van der Waals surface area contributed by atoms with Crippen LogP contribution in [0.4, 0.5) is 4.79 Å². The third kappa shape index (κ3) is 2.85. The third-order valence-corrected chi connectivity index (χ3v) is 4.07. The first kappa shape index (κ1) is 14.7. The summed E-state index contributed by atoms with van der Waals surface area (Å²) >= 11 is 0. The maximum absolute atomic E-state index is 12.1. The maximum Gasteiger partial charge on any atom is 0.315 e. The molecule has 0 radical (unpaired) electrons. The van der Waals surface area contributed by atoms with Gasteiger partial charge in [0.1, 0.15) is 11.5 Å². The molecule has 1 aromatic heterocycles. The highest BCUT2D eigenvalue weighted by atomic mass is 16.3. The fourth-order valence-electron chi connectivity index (χ4n) is 2.97. The number of rotatable bonds is 3. The number of aryl methyl sites for hydroxylation is 2. The Morgan fingerprint density at radius 1 is 1.36 bits per heavy atom. The minimum atomic E-state index is -0.582. The summed E-state index contributed by atoms with van der Waals surface area (Å²) in [4.78, 5) is 12.1. The fraction of sp³-hybridized carbons (Fsp3) is 0.353. The van der Waals surface area contributed by atoms with Gasteiger partial charge in [-0.15, -0.1) is 0 Å². The highest BCUT2D eigenvalue weighted by Crippen LogP contribution is 2.31. The molecule has 1 heterocycles. The molecule has 0 saturated carbocycles. The summed E-state index contributed by atoms with van der Waals surface area (Å²) in [6.45, 7) is 4.15. The van der Waals surface area contributed by atoms with E-state index in [0.29, 0.717) is 13.0 Å². The van der Waals surface area contributed by atoms with E-state index < -0.39 is 6.10 Å². The second-order valence-electron chi connectivity index (χ2n) is 5.71. The second-order valence-corrected chi connectivity index (χ2v) is 5.71. The first-order valence-electron chi connectivity index (χ1n) is 7.40. The van der Waals surface area contributed by atoms with Crippen LogP contribution in [0.25, 0.3) is 0 Å². The summed E-state index contributed by atoms with van der Waals surface area (Å²) in [7, 11) is 0. The number of fused-ring (bicyclic) bond motifs is 1. The van der Waals surface area contributed by atoms with Crippen LogP contribution in [0.3, 0.4) is 0 Å². The molecule has 2 atom stereocenters. The number of urea groups is 1. The number of carbonyl (C=O) groups excluding carboxylic acids is 1. The topological polar surface area (TPSA) is 74.5 Å². The molecule has 1 aliphatic rings. The van der Waals surface area contributed by atoms with Crippen LogP contribution in [0.1, 0.15) is 34.3 Å². The summed E-state index contributed by atoms with van der Waals surface area (Å²) in [6.07, 6.45) is -0.0118. The van der Waals surface area contributed by atoms with E-state index in [2.05, 4.69) is 10.6 Å². The molecule has 5 nitrogen and oxygen atoms in total. The van der Waals surface area contributed by atoms with Crippen molar-refractivity contribution in [3.05, 3.63) is 58.5 Å². The lowest BCUT2D eigenvalue weighted by atomic mass is 10.1. The summed E-state index contributed by atoms with van der Waals surface area (Å²) in [6, 6.07) is 9.05. The number of amides is 2. The van der Waals surface area contributed by atoms with Gasteiger partial charge in [0.2, 0.25) is 0 Å². The molecular weight excluding hydrogens is 280 g/mol. The Morgan fingerprint density at radius 2 is 2.14 bits per heavy atom. The zero-order valence-electron chi connectivity index (χ0n) is 12.7. The lowest BCUT2D eigenvalue weighted by molar-refractivity contribution is 0.142. The number of hydrogen-bond acceptors (Lipinski definition) is 3. The Labute approximate surface area is 129 Å². The van der Waals surface area contributed by atoms with Crippen LogP contribution in [0.15, 0.2) is 34.7 Å². The largest absolute Gasteiger partial charge is 0.466 e. The van der Waals surface area contributed by atoms with Crippen LogP contribution in [0.5, 0.6) is 0 Å². The van der Waals surface area contributed by atoms with Crippen LogP contribution < -0.4 is 10.6 Å². The number of carbonyl (C=O) groups is 1. The van der Waals surface area contributed by atoms with Crippen LogP contribution in [-0.4, -0.2) is 17.2 Å². The van der Waals surface area contributed by atoms with Gasteiger partial charge in [0, 0.05) is 18.5 Å². The molecule has 0 aliphatic heterocycles. The van der Waals surface area contributed by atoms with E-state index in [1.807, 2.05) is 44.2 Å². The van der Waals surface area contributed by atoms with Crippen molar-refractivity contribution in [3.8, 4) is 0 Å². The van der Waals surface area contributed by atoms with Gasteiger partial charge in [-0.2, -0.15) is 0 Å². The van der Waals surface area contributed by atoms with Crippen LogP contribution >= 0.6 is 0 Å². The number of hydrogen-bond donors (Lipinski definition) is 3. The van der Waals surface area contributed by atoms with Crippen molar-refractivity contribution >= 4 is 6.03 Å². The molecule has 0 spiro atoms. The van der Waals surface area contributed by atoms with E-state index in [0.717, 1.165) is 28.2 Å². The van der Waals surface area contributed by atoms with E-state index in [-0.39, 0.29) is 12.1 Å². The van der Waals surface area contributed by atoms with Crippen molar-refractivity contribution in [2.24, 2.45) is 0 Å². The normalized spacial score (nSPS) is 19.8. The van der Waals surface area contributed by atoms with Gasteiger partial charge in [0.15, 0.2) is 0 Å². The molecule has 116 valence electrons. The fourth-order valence-corrected chi connectivity index (χ4v) is 2.97. The zero-order chi connectivity index (χ0) is 15.7. The quantitative estimate of drug-likeness (QED) is 0.814. The molecule has 2 aromatic rings. The zero-order valence-corrected chi connectivity index (χ0v) is 12.7. The van der Waals surface area contributed by atoms with Gasteiger partial charge in [-0.1, -0.05) is 24.3 Å². The summed E-state index contributed by atoms with van der Waals surface area (Å²) in [5.74, 6) is 1.64. The summed E-state index contributed by atoms with van der Waals surface area (Å²) in [5, 5.41) is 15.8. The highest BCUT2D eigenvalue weighted by Gasteiger charge is 2.31. The second kappa shape index (κ2) is 5.85. The Kier molecular flexibility index (Phi) is 3.90. The van der Waals surface area contributed by atoms with Crippen molar-refractivity contribution in [2.45, 2.75) is 39.0 Å². The Hall–Kier alpha value is -2.27. The minimum absolute atomic E-state index is 0.293. The Bertz CT molecular complexity index is 693. The number of aliphatic hydroxyl groups is 1. The van der Waals surface area contributed by atoms with Crippen molar-refractivity contribution < 1.29 is 14.3 Å². The molecule has 5 heteroatoms. The lowest BCUT2D eigenvalue weighted by Crippen LogP contribution is -2.40.